The predicted octanol–water partition coefficient (Wildman–Crippen LogP) is 4.28. The van der Waals surface area contributed by atoms with Gasteiger partial charge < -0.3 is 15.2 Å². The van der Waals surface area contributed by atoms with E-state index in [0.717, 1.165) is 5.56 Å². The molecular weight excluding hydrogens is 398 g/mol. The van der Waals surface area contributed by atoms with Gasteiger partial charge in [0.15, 0.2) is 0 Å². The second-order valence-electron chi connectivity index (χ2n) is 6.91. The Morgan fingerprint density at radius 2 is 1.71 bits per heavy atom. The first-order valence-electron chi connectivity index (χ1n) is 9.45. The molecule has 156 valence electrons. The van der Waals surface area contributed by atoms with Gasteiger partial charge in [0, 0.05) is 29.3 Å². The van der Waals surface area contributed by atoms with Crippen LogP contribution >= 0.6 is 0 Å². The van der Waals surface area contributed by atoms with Gasteiger partial charge in [-0.3, -0.25) is 19.5 Å². The molecule has 1 unspecified atom stereocenters. The van der Waals surface area contributed by atoms with Gasteiger partial charge in [0.25, 0.3) is 11.2 Å². The highest BCUT2D eigenvalue weighted by Gasteiger charge is 2.18. The highest BCUT2D eigenvalue weighted by molar-refractivity contribution is 5.81. The number of rotatable bonds is 6. The molecule has 4 aromatic rings. The number of hydrogen-bond acceptors (Lipinski definition) is 6. The monoisotopic (exact) mass is 417 g/mol. The normalized spacial score (nSPS) is 11.8. The zero-order valence-corrected chi connectivity index (χ0v) is 16.6. The largest absolute Gasteiger partial charge is 0.508 e. The van der Waals surface area contributed by atoms with E-state index in [0.29, 0.717) is 22.3 Å². The maximum absolute atomic E-state index is 12.9. The van der Waals surface area contributed by atoms with E-state index >= 15 is 0 Å². The Morgan fingerprint density at radius 1 is 1.00 bits per heavy atom. The lowest BCUT2D eigenvalue weighted by Crippen LogP contribution is -2.30. The molecule has 31 heavy (non-hydrogen) atoms. The van der Waals surface area contributed by atoms with Crippen molar-refractivity contribution in [3.8, 4) is 11.5 Å². The van der Waals surface area contributed by atoms with E-state index in [1.54, 1.807) is 54.1 Å². The zero-order valence-electron chi connectivity index (χ0n) is 16.6. The van der Waals surface area contributed by atoms with Gasteiger partial charge in [-0.1, -0.05) is 12.1 Å². The van der Waals surface area contributed by atoms with Crippen LogP contribution in [0.4, 0.5) is 11.4 Å². The number of methoxy groups -OCH3 is 1. The summed E-state index contributed by atoms with van der Waals surface area (Å²) in [6.45, 7) is 0. The highest BCUT2D eigenvalue weighted by Crippen LogP contribution is 2.28. The van der Waals surface area contributed by atoms with Crippen molar-refractivity contribution >= 4 is 22.3 Å². The van der Waals surface area contributed by atoms with Gasteiger partial charge in [0.05, 0.1) is 17.5 Å². The fraction of sp³-hybridized carbons (Fsp3) is 0.0870. The van der Waals surface area contributed by atoms with Crippen molar-refractivity contribution in [3.63, 3.8) is 0 Å². The van der Waals surface area contributed by atoms with Gasteiger partial charge in [0.1, 0.15) is 17.7 Å². The molecule has 8 nitrogen and oxygen atoms in total. The van der Waals surface area contributed by atoms with E-state index in [1.165, 1.54) is 24.3 Å². The summed E-state index contributed by atoms with van der Waals surface area (Å²) in [5.41, 5.74) is 1.74. The number of benzene rings is 3. The van der Waals surface area contributed by atoms with E-state index in [-0.39, 0.29) is 17.0 Å². The van der Waals surface area contributed by atoms with E-state index in [1.807, 2.05) is 12.1 Å². The minimum atomic E-state index is -0.617. The Morgan fingerprint density at radius 3 is 2.35 bits per heavy atom. The fourth-order valence-corrected chi connectivity index (χ4v) is 3.44. The maximum atomic E-state index is 12.9. The summed E-state index contributed by atoms with van der Waals surface area (Å²) in [7, 11) is 1.57. The number of nitro benzene ring substituents is 1. The number of pyridine rings is 1. The number of phenolic OH excluding ortho intramolecular Hbond substituents is 1. The van der Waals surface area contributed by atoms with Crippen LogP contribution in [0.2, 0.25) is 0 Å². The van der Waals surface area contributed by atoms with Crippen molar-refractivity contribution in [2.75, 3.05) is 12.4 Å². The number of hydrogen-bond donors (Lipinski definition) is 2. The quantitative estimate of drug-likeness (QED) is 0.358. The Labute approximate surface area is 177 Å². The molecule has 0 radical (unpaired) electrons. The predicted molar refractivity (Wildman–Crippen MR) is 118 cm³/mol. The minimum absolute atomic E-state index is 0.0237. The Kier molecular flexibility index (Phi) is 5.28. The third-order valence-corrected chi connectivity index (χ3v) is 4.98. The minimum Gasteiger partial charge on any atom is -0.508 e. The van der Waals surface area contributed by atoms with Gasteiger partial charge in [-0.15, -0.1) is 0 Å². The van der Waals surface area contributed by atoms with Crippen LogP contribution in [0.3, 0.4) is 0 Å². The average molecular weight is 417 g/mol. The number of nitrogens with one attached hydrogen (secondary N) is 1. The van der Waals surface area contributed by atoms with Crippen LogP contribution in [0.1, 0.15) is 11.7 Å². The van der Waals surface area contributed by atoms with Crippen molar-refractivity contribution in [2.24, 2.45) is 0 Å². The first kappa shape index (κ1) is 20.0. The van der Waals surface area contributed by atoms with Gasteiger partial charge >= 0.3 is 0 Å². The highest BCUT2D eigenvalue weighted by atomic mass is 16.6. The van der Waals surface area contributed by atoms with Gasteiger partial charge in [-0.2, -0.15) is 0 Å². The molecule has 8 heteroatoms. The molecular formula is C23H19N3O5. The molecule has 0 aliphatic rings. The number of ether oxygens (including phenoxy) is 1. The number of non-ortho nitro benzene ring substituents is 1. The van der Waals surface area contributed by atoms with E-state index in [4.69, 9.17) is 4.74 Å². The standard InChI is InChI=1S/C23H19N3O5/c1-31-20-10-2-15(3-11-20)23(24-17-5-7-18(8-6-17)26(29)30)25-21-12-9-19(27)14-16(21)4-13-22(25)28/h2-14,23-24,27H,1H3. The van der Waals surface area contributed by atoms with E-state index in [9.17, 15) is 20.0 Å². The summed E-state index contributed by atoms with van der Waals surface area (Å²) in [5, 5.41) is 24.8. The zero-order chi connectivity index (χ0) is 22.0. The second-order valence-corrected chi connectivity index (χ2v) is 6.91. The third kappa shape index (κ3) is 4.04. The lowest BCUT2D eigenvalue weighted by molar-refractivity contribution is -0.384. The summed E-state index contributed by atoms with van der Waals surface area (Å²) in [6.07, 6.45) is -0.617. The number of phenols is 1. The summed E-state index contributed by atoms with van der Waals surface area (Å²) < 4.78 is 6.82. The lowest BCUT2D eigenvalue weighted by Gasteiger charge is -2.25. The molecule has 0 bridgehead atoms. The van der Waals surface area contributed by atoms with Crippen LogP contribution in [0.5, 0.6) is 11.5 Å². The smallest absolute Gasteiger partial charge is 0.269 e. The van der Waals surface area contributed by atoms with Gasteiger partial charge in [0.2, 0.25) is 0 Å². The number of aromatic hydroxyl groups is 1. The van der Waals surface area contributed by atoms with Crippen molar-refractivity contribution < 1.29 is 14.8 Å². The Balaban J connectivity index is 1.86. The van der Waals surface area contributed by atoms with Crippen molar-refractivity contribution in [3.05, 3.63) is 105 Å². The van der Waals surface area contributed by atoms with Crippen LogP contribution in [-0.4, -0.2) is 21.7 Å². The van der Waals surface area contributed by atoms with Gasteiger partial charge in [-0.05, 0) is 54.1 Å². The molecule has 2 N–H and O–H groups in total. The molecule has 1 heterocycles. The van der Waals surface area contributed by atoms with E-state index < -0.39 is 11.1 Å². The maximum Gasteiger partial charge on any atom is 0.269 e. The molecule has 0 aliphatic heterocycles. The molecule has 1 atom stereocenters. The first-order valence-corrected chi connectivity index (χ1v) is 9.45. The van der Waals surface area contributed by atoms with Gasteiger partial charge in [-0.25, -0.2) is 0 Å². The van der Waals surface area contributed by atoms with Crippen LogP contribution in [-0.2, 0) is 0 Å². The van der Waals surface area contributed by atoms with Crippen LogP contribution in [0.25, 0.3) is 10.9 Å². The topological polar surface area (TPSA) is 107 Å². The Hall–Kier alpha value is -4.33. The molecule has 1 aromatic heterocycles. The molecule has 3 aromatic carbocycles. The molecule has 0 fully saturated rings. The third-order valence-electron chi connectivity index (χ3n) is 4.98. The number of anilines is 1. The summed E-state index contributed by atoms with van der Waals surface area (Å²) >= 11 is 0. The molecule has 0 saturated heterocycles. The fourth-order valence-electron chi connectivity index (χ4n) is 3.44. The molecule has 0 saturated carbocycles. The lowest BCUT2D eigenvalue weighted by atomic mass is 10.1. The van der Waals surface area contributed by atoms with Crippen molar-refractivity contribution in [2.45, 2.75) is 6.17 Å². The van der Waals surface area contributed by atoms with Crippen LogP contribution < -0.4 is 15.6 Å². The van der Waals surface area contributed by atoms with Crippen molar-refractivity contribution in [1.29, 1.82) is 0 Å². The summed E-state index contributed by atoms with van der Waals surface area (Å²) in [5.74, 6) is 0.773. The summed E-state index contributed by atoms with van der Waals surface area (Å²) in [6, 6.07) is 21.1. The van der Waals surface area contributed by atoms with Crippen molar-refractivity contribution in [1.82, 2.24) is 4.57 Å². The Bertz CT molecular complexity index is 1300. The molecule has 4 rings (SSSR count). The number of fused-ring (bicyclic) bond motifs is 1. The molecule has 0 aliphatic carbocycles. The molecule has 0 amide bonds. The molecule has 0 spiro atoms. The second kappa shape index (κ2) is 8.19. The van der Waals surface area contributed by atoms with Crippen LogP contribution in [0.15, 0.2) is 83.7 Å². The number of nitro groups is 1. The van der Waals surface area contributed by atoms with Crippen LogP contribution in [0, 0.1) is 10.1 Å². The van der Waals surface area contributed by atoms with E-state index in [2.05, 4.69) is 5.32 Å². The first-order chi connectivity index (χ1) is 15.0. The summed E-state index contributed by atoms with van der Waals surface area (Å²) in [4.78, 5) is 23.4. The number of aromatic nitrogens is 1. The SMILES string of the molecule is COc1ccc(C(Nc2ccc([N+](=O)[O-])cc2)n2c(=O)ccc3cc(O)ccc32)cc1. The average Bonchev–Trinajstić information content (AvgIpc) is 2.78. The number of nitrogens with zero attached hydrogens (tertiary/aromatic N) is 2.